The molecule has 0 aliphatic carbocycles. The van der Waals surface area contributed by atoms with Crippen molar-refractivity contribution < 1.29 is 13.9 Å². The number of nitrogens with zero attached hydrogens (tertiary/aromatic N) is 2. The van der Waals surface area contributed by atoms with E-state index in [4.69, 9.17) is 14.9 Å². The van der Waals surface area contributed by atoms with Crippen molar-refractivity contribution in [2.75, 3.05) is 12.4 Å². The molecule has 0 saturated heterocycles. The highest BCUT2D eigenvalue weighted by Crippen LogP contribution is 2.37. The van der Waals surface area contributed by atoms with Gasteiger partial charge in [-0.3, -0.25) is 4.79 Å². The number of aromatic nitrogens is 2. The van der Waals surface area contributed by atoms with Crippen LogP contribution in [-0.2, 0) is 23.2 Å². The number of methoxy groups -OCH3 is 1. The summed E-state index contributed by atoms with van der Waals surface area (Å²) >= 11 is 0. The van der Waals surface area contributed by atoms with Crippen molar-refractivity contribution in [2.24, 2.45) is 5.73 Å². The number of hydrogen-bond acceptors (Lipinski definition) is 6. The molecule has 3 N–H and O–H groups in total. The predicted molar refractivity (Wildman–Crippen MR) is 104 cm³/mol. The third-order valence-corrected chi connectivity index (χ3v) is 4.96. The highest BCUT2D eigenvalue weighted by molar-refractivity contribution is 6.03. The predicted octanol–water partition coefficient (Wildman–Crippen LogP) is 2.77. The first kappa shape index (κ1) is 18.2. The van der Waals surface area contributed by atoms with E-state index < -0.39 is 11.5 Å². The normalized spacial score (nSPS) is 17.7. The maximum Gasteiger partial charge on any atom is 0.236 e. The molecule has 1 unspecified atom stereocenters. The Morgan fingerprint density at radius 3 is 2.75 bits per heavy atom. The summed E-state index contributed by atoms with van der Waals surface area (Å²) in [7, 11) is 1.60. The van der Waals surface area contributed by atoms with E-state index in [9.17, 15) is 4.79 Å². The van der Waals surface area contributed by atoms with Crippen LogP contribution in [0.3, 0.4) is 0 Å². The van der Waals surface area contributed by atoms with Crippen LogP contribution in [0.2, 0.25) is 0 Å². The van der Waals surface area contributed by atoms with Crippen molar-refractivity contribution in [3.63, 3.8) is 0 Å². The first-order valence-corrected chi connectivity index (χ1v) is 9.11. The molecule has 1 aliphatic heterocycles. The number of carbonyl (C=O) groups is 1. The largest absolute Gasteiger partial charge is 0.497 e. The van der Waals surface area contributed by atoms with Crippen LogP contribution in [0.1, 0.15) is 35.7 Å². The van der Waals surface area contributed by atoms with Gasteiger partial charge in [-0.15, -0.1) is 10.2 Å². The fourth-order valence-electron chi connectivity index (χ4n) is 3.47. The van der Waals surface area contributed by atoms with E-state index in [-0.39, 0.29) is 5.91 Å². The molecule has 4 rings (SSSR count). The van der Waals surface area contributed by atoms with Crippen molar-refractivity contribution in [2.45, 2.75) is 31.2 Å². The molecule has 0 spiro atoms. The Bertz CT molecular complexity index is 998. The van der Waals surface area contributed by atoms with Gasteiger partial charge in [-0.25, -0.2) is 0 Å². The van der Waals surface area contributed by atoms with Crippen LogP contribution in [0.15, 0.2) is 52.9 Å². The van der Waals surface area contributed by atoms with Crippen molar-refractivity contribution >= 4 is 11.6 Å². The van der Waals surface area contributed by atoms with Gasteiger partial charge in [-0.1, -0.05) is 30.3 Å². The molecule has 0 bridgehead atoms. The van der Waals surface area contributed by atoms with Gasteiger partial charge in [0.25, 0.3) is 0 Å². The summed E-state index contributed by atoms with van der Waals surface area (Å²) in [5.74, 6) is 0.939. The minimum absolute atomic E-state index is 0.0946. The minimum atomic E-state index is -0.800. The van der Waals surface area contributed by atoms with E-state index >= 15 is 0 Å². The van der Waals surface area contributed by atoms with Crippen molar-refractivity contribution in [1.29, 1.82) is 0 Å². The Morgan fingerprint density at radius 1 is 1.21 bits per heavy atom. The lowest BCUT2D eigenvalue weighted by Crippen LogP contribution is -2.35. The van der Waals surface area contributed by atoms with Gasteiger partial charge in [0.15, 0.2) is 0 Å². The smallest absolute Gasteiger partial charge is 0.236 e. The van der Waals surface area contributed by atoms with Crippen LogP contribution >= 0.6 is 0 Å². The molecule has 28 heavy (non-hydrogen) atoms. The van der Waals surface area contributed by atoms with Crippen LogP contribution in [-0.4, -0.2) is 23.2 Å². The van der Waals surface area contributed by atoms with E-state index in [1.54, 1.807) is 7.11 Å². The molecule has 0 fully saturated rings. The topological polar surface area (TPSA) is 103 Å². The first-order chi connectivity index (χ1) is 13.5. The molecular formula is C21H22N4O3. The quantitative estimate of drug-likeness (QED) is 0.684. The minimum Gasteiger partial charge on any atom is -0.497 e. The number of ether oxygens (including phenoxy) is 1. The Morgan fingerprint density at radius 2 is 2.00 bits per heavy atom. The number of amides is 1. The summed E-state index contributed by atoms with van der Waals surface area (Å²) in [5.41, 5.74) is 8.37. The molecule has 2 heterocycles. The van der Waals surface area contributed by atoms with Gasteiger partial charge in [0.05, 0.1) is 18.6 Å². The van der Waals surface area contributed by atoms with E-state index in [0.29, 0.717) is 30.4 Å². The number of nitrogens with one attached hydrogen (secondary N) is 1. The maximum atomic E-state index is 12.4. The van der Waals surface area contributed by atoms with Crippen LogP contribution < -0.4 is 15.8 Å². The number of hydrogen-bond donors (Lipinski definition) is 2. The zero-order chi connectivity index (χ0) is 19.7. The van der Waals surface area contributed by atoms with E-state index in [0.717, 1.165) is 16.8 Å². The molecule has 0 saturated carbocycles. The number of benzene rings is 2. The third kappa shape index (κ3) is 3.48. The summed E-state index contributed by atoms with van der Waals surface area (Å²) in [6, 6.07) is 15.4. The van der Waals surface area contributed by atoms with E-state index in [1.165, 1.54) is 0 Å². The Hall–Kier alpha value is -3.19. The second-order valence-electron chi connectivity index (χ2n) is 7.28. The first-order valence-electron chi connectivity index (χ1n) is 9.11. The molecular weight excluding hydrogens is 356 g/mol. The van der Waals surface area contributed by atoms with Crippen molar-refractivity contribution in [1.82, 2.24) is 10.2 Å². The highest BCUT2D eigenvalue weighted by atomic mass is 16.5. The number of carbonyl (C=O) groups excluding carboxylic acids is 1. The average molecular weight is 378 g/mol. The molecule has 2 atom stereocenters. The fourth-order valence-corrected chi connectivity index (χ4v) is 3.47. The molecule has 2 aromatic carbocycles. The van der Waals surface area contributed by atoms with Crippen molar-refractivity contribution in [3.05, 3.63) is 71.4 Å². The molecule has 1 aromatic heterocycles. The molecule has 7 heteroatoms. The Balaban J connectivity index is 1.53. The van der Waals surface area contributed by atoms with Crippen LogP contribution in [0.4, 0.5) is 5.69 Å². The number of nitrogens with two attached hydrogens (primary N) is 1. The standard InChI is InChI=1S/C21H22N4O3/c1-21(22,12-13-6-4-3-5-7-13)20-25-24-18(28-20)11-16-15-10-14(27-2)8-9-17(15)23-19(16)26/h3-10,16H,11-12,22H2,1-2H3,(H,23,26)/t16?,21-/m1/s1. The summed E-state index contributed by atoms with van der Waals surface area (Å²) in [4.78, 5) is 12.4. The van der Waals surface area contributed by atoms with Crippen LogP contribution in [0.25, 0.3) is 0 Å². The maximum absolute atomic E-state index is 12.4. The lowest BCUT2D eigenvalue weighted by atomic mass is 9.94. The van der Waals surface area contributed by atoms with Crippen molar-refractivity contribution in [3.8, 4) is 5.75 Å². The third-order valence-electron chi connectivity index (χ3n) is 4.96. The summed E-state index contributed by atoms with van der Waals surface area (Å²) in [6.45, 7) is 1.86. The second-order valence-corrected chi connectivity index (χ2v) is 7.28. The second kappa shape index (κ2) is 7.09. The summed E-state index contributed by atoms with van der Waals surface area (Å²) in [6.07, 6.45) is 0.875. The van der Waals surface area contributed by atoms with Gasteiger partial charge in [0, 0.05) is 12.1 Å². The van der Waals surface area contributed by atoms with Crippen LogP contribution in [0, 0.1) is 0 Å². The SMILES string of the molecule is COc1ccc2c(c1)C(Cc1nnc([C@](C)(N)Cc3ccccc3)o1)C(=O)N2. The number of anilines is 1. The van der Waals surface area contributed by atoms with Gasteiger partial charge < -0.3 is 20.2 Å². The number of fused-ring (bicyclic) bond motifs is 1. The zero-order valence-corrected chi connectivity index (χ0v) is 15.8. The molecule has 1 amide bonds. The summed E-state index contributed by atoms with van der Waals surface area (Å²) in [5, 5.41) is 11.2. The fraction of sp³-hybridized carbons (Fsp3) is 0.286. The highest BCUT2D eigenvalue weighted by Gasteiger charge is 2.34. The Labute approximate surface area is 162 Å². The molecule has 7 nitrogen and oxygen atoms in total. The van der Waals surface area contributed by atoms with Gasteiger partial charge in [0.1, 0.15) is 5.75 Å². The molecule has 3 aromatic rings. The molecule has 144 valence electrons. The zero-order valence-electron chi connectivity index (χ0n) is 15.8. The van der Waals surface area contributed by atoms with E-state index in [1.807, 2.05) is 55.5 Å². The average Bonchev–Trinajstić information content (AvgIpc) is 3.28. The van der Waals surface area contributed by atoms with Gasteiger partial charge >= 0.3 is 0 Å². The number of rotatable bonds is 6. The van der Waals surface area contributed by atoms with Crippen LogP contribution in [0.5, 0.6) is 5.75 Å². The lowest BCUT2D eigenvalue weighted by molar-refractivity contribution is -0.117. The van der Waals surface area contributed by atoms with E-state index in [2.05, 4.69) is 15.5 Å². The monoisotopic (exact) mass is 378 g/mol. The molecule has 1 aliphatic rings. The van der Waals surface area contributed by atoms with Gasteiger partial charge in [-0.05, 0) is 42.7 Å². The molecule has 0 radical (unpaired) electrons. The Kier molecular flexibility index (Phi) is 4.60. The lowest BCUT2D eigenvalue weighted by Gasteiger charge is -2.20. The van der Waals surface area contributed by atoms with Gasteiger partial charge in [-0.2, -0.15) is 0 Å². The summed E-state index contributed by atoms with van der Waals surface area (Å²) < 4.78 is 11.1. The van der Waals surface area contributed by atoms with Gasteiger partial charge in [0.2, 0.25) is 17.7 Å².